The van der Waals surface area contributed by atoms with Gasteiger partial charge in [0.15, 0.2) is 5.82 Å². The lowest BCUT2D eigenvalue weighted by Gasteiger charge is -2.34. The van der Waals surface area contributed by atoms with Gasteiger partial charge in [0.05, 0.1) is 10.2 Å². The van der Waals surface area contributed by atoms with Crippen LogP contribution in [-0.2, 0) is 0 Å². The second kappa shape index (κ2) is 4.53. The van der Waals surface area contributed by atoms with Crippen molar-refractivity contribution in [3.05, 3.63) is 28.0 Å². The average Bonchev–Trinajstić information content (AvgIpc) is 2.61. The van der Waals surface area contributed by atoms with Gasteiger partial charge in [0.1, 0.15) is 5.84 Å². The molecular weight excluding hydrogens is 297 g/mol. The lowest BCUT2D eigenvalue weighted by atomic mass is 10.0. The van der Waals surface area contributed by atoms with Gasteiger partial charge in [-0.25, -0.2) is 4.39 Å². The van der Waals surface area contributed by atoms with Gasteiger partial charge in [0, 0.05) is 17.6 Å². The molecule has 0 aromatic heterocycles. The fourth-order valence-corrected chi connectivity index (χ4v) is 3.06. The van der Waals surface area contributed by atoms with Gasteiger partial charge in [-0.1, -0.05) is 0 Å². The van der Waals surface area contributed by atoms with Crippen LogP contribution in [0.15, 0.2) is 16.6 Å². The Morgan fingerprint density at radius 2 is 2.17 bits per heavy atom. The van der Waals surface area contributed by atoms with Crippen LogP contribution >= 0.6 is 15.9 Å². The summed E-state index contributed by atoms with van der Waals surface area (Å²) in [4.78, 5) is 2.08. The number of nitrogens with one attached hydrogen (secondary N) is 1. The quantitative estimate of drug-likeness (QED) is 0.650. The van der Waals surface area contributed by atoms with Crippen LogP contribution in [0.5, 0.6) is 0 Å². The number of amidine groups is 1. The molecule has 3 N–H and O–H groups in total. The summed E-state index contributed by atoms with van der Waals surface area (Å²) in [7, 11) is 0. The average molecular weight is 314 g/mol. The molecule has 2 rings (SSSR count). The van der Waals surface area contributed by atoms with Crippen molar-refractivity contribution in [3.63, 3.8) is 0 Å². The first-order valence-corrected chi connectivity index (χ1v) is 6.74. The van der Waals surface area contributed by atoms with E-state index >= 15 is 0 Å². The van der Waals surface area contributed by atoms with Gasteiger partial charge >= 0.3 is 0 Å². The van der Waals surface area contributed by atoms with E-state index in [1.165, 1.54) is 0 Å². The van der Waals surface area contributed by atoms with E-state index in [0.717, 1.165) is 19.4 Å². The fraction of sp³-hybridized carbons (Fsp3) is 0.462. The van der Waals surface area contributed by atoms with Crippen LogP contribution in [0.3, 0.4) is 0 Å². The smallest absolute Gasteiger partial charge is 0.161 e. The first kappa shape index (κ1) is 13.3. The molecule has 1 aromatic carbocycles. The third-order valence-corrected chi connectivity index (χ3v) is 4.32. The number of anilines is 1. The minimum atomic E-state index is -0.335. The number of hydrogen-bond donors (Lipinski definition) is 2. The van der Waals surface area contributed by atoms with Crippen molar-refractivity contribution in [3.8, 4) is 0 Å². The summed E-state index contributed by atoms with van der Waals surface area (Å²) in [5.41, 5.74) is 6.36. The van der Waals surface area contributed by atoms with Crippen molar-refractivity contribution in [2.24, 2.45) is 5.73 Å². The van der Waals surface area contributed by atoms with E-state index in [-0.39, 0.29) is 21.7 Å². The molecule has 1 aliphatic rings. The second-order valence-corrected chi connectivity index (χ2v) is 6.03. The van der Waals surface area contributed by atoms with Crippen molar-refractivity contribution >= 4 is 27.5 Å². The third-order valence-electron chi connectivity index (χ3n) is 3.54. The topological polar surface area (TPSA) is 53.1 Å². The van der Waals surface area contributed by atoms with E-state index in [0.29, 0.717) is 11.3 Å². The maximum atomic E-state index is 14.4. The normalized spacial score (nSPS) is 18.1. The van der Waals surface area contributed by atoms with Crippen molar-refractivity contribution in [2.45, 2.75) is 32.2 Å². The molecule has 0 amide bonds. The zero-order valence-electron chi connectivity index (χ0n) is 10.6. The number of halogens is 2. The largest absolute Gasteiger partial charge is 0.384 e. The van der Waals surface area contributed by atoms with Crippen LogP contribution in [0.2, 0.25) is 0 Å². The molecule has 3 nitrogen and oxygen atoms in total. The minimum Gasteiger partial charge on any atom is -0.384 e. The van der Waals surface area contributed by atoms with Gasteiger partial charge in [0.25, 0.3) is 0 Å². The number of nitrogens with zero attached hydrogens (tertiary/aromatic N) is 1. The Hall–Kier alpha value is -1.10. The molecule has 0 radical (unpaired) electrons. The Kier molecular flexibility index (Phi) is 3.36. The predicted molar refractivity (Wildman–Crippen MR) is 75.8 cm³/mol. The van der Waals surface area contributed by atoms with Crippen LogP contribution < -0.4 is 10.6 Å². The van der Waals surface area contributed by atoms with Crippen molar-refractivity contribution < 1.29 is 4.39 Å². The molecule has 18 heavy (non-hydrogen) atoms. The molecule has 0 spiro atoms. The number of benzene rings is 1. The number of nitrogen functional groups attached to an aromatic ring is 1. The highest BCUT2D eigenvalue weighted by atomic mass is 79.9. The second-order valence-electron chi connectivity index (χ2n) is 5.24. The van der Waals surface area contributed by atoms with Gasteiger partial charge in [-0.2, -0.15) is 0 Å². The Morgan fingerprint density at radius 3 is 2.67 bits per heavy atom. The van der Waals surface area contributed by atoms with Gasteiger partial charge in [-0.05, 0) is 54.8 Å². The van der Waals surface area contributed by atoms with Crippen molar-refractivity contribution in [1.29, 1.82) is 5.41 Å². The SMILES string of the molecule is CC1(C)CCCN1c1ccc(C(=N)N)c(Br)c1F. The molecule has 0 aliphatic carbocycles. The highest BCUT2D eigenvalue weighted by molar-refractivity contribution is 9.10. The predicted octanol–water partition coefficient (Wildman–Crippen LogP) is 3.25. The fourth-order valence-electron chi connectivity index (χ4n) is 2.51. The third kappa shape index (κ3) is 2.11. The van der Waals surface area contributed by atoms with E-state index in [1.807, 2.05) is 0 Å². The Balaban J connectivity index is 2.48. The molecule has 98 valence electrons. The summed E-state index contributed by atoms with van der Waals surface area (Å²) in [5, 5.41) is 7.40. The summed E-state index contributed by atoms with van der Waals surface area (Å²) < 4.78 is 14.7. The Labute approximate surface area is 115 Å². The monoisotopic (exact) mass is 313 g/mol. The molecular formula is C13H17BrFN3. The molecule has 1 aliphatic heterocycles. The van der Waals surface area contributed by atoms with Crippen molar-refractivity contribution in [1.82, 2.24) is 0 Å². The first-order valence-electron chi connectivity index (χ1n) is 5.94. The standard InChI is InChI=1S/C13H17BrFN3/c1-13(2)6-3-7-18(13)9-5-4-8(12(16)17)10(14)11(9)15/h4-5H,3,6-7H2,1-2H3,(H3,16,17). The Morgan fingerprint density at radius 1 is 1.50 bits per heavy atom. The Bertz CT molecular complexity index is 499. The molecule has 5 heteroatoms. The van der Waals surface area contributed by atoms with E-state index in [4.69, 9.17) is 11.1 Å². The maximum absolute atomic E-state index is 14.4. The highest BCUT2D eigenvalue weighted by Gasteiger charge is 2.34. The number of rotatable bonds is 2. The summed E-state index contributed by atoms with van der Waals surface area (Å²) in [6.07, 6.45) is 2.12. The molecule has 0 saturated carbocycles. The van der Waals surface area contributed by atoms with E-state index < -0.39 is 0 Å². The van der Waals surface area contributed by atoms with Crippen LogP contribution in [-0.4, -0.2) is 17.9 Å². The summed E-state index contributed by atoms with van der Waals surface area (Å²) >= 11 is 3.19. The first-order chi connectivity index (χ1) is 8.34. The summed E-state index contributed by atoms with van der Waals surface area (Å²) in [6, 6.07) is 3.41. The van der Waals surface area contributed by atoms with Crippen LogP contribution in [0.25, 0.3) is 0 Å². The van der Waals surface area contributed by atoms with Crippen molar-refractivity contribution in [2.75, 3.05) is 11.4 Å². The molecule has 0 atom stereocenters. The lowest BCUT2D eigenvalue weighted by molar-refractivity contribution is 0.506. The number of nitrogens with two attached hydrogens (primary N) is 1. The zero-order valence-corrected chi connectivity index (χ0v) is 12.1. The molecule has 1 heterocycles. The van der Waals surface area contributed by atoms with E-state index in [1.54, 1.807) is 12.1 Å². The molecule has 1 fully saturated rings. The van der Waals surface area contributed by atoms with Crippen LogP contribution in [0.1, 0.15) is 32.3 Å². The molecule has 1 saturated heterocycles. The molecule has 0 unspecified atom stereocenters. The lowest BCUT2D eigenvalue weighted by Crippen LogP contribution is -2.38. The number of hydrogen-bond acceptors (Lipinski definition) is 2. The zero-order chi connectivity index (χ0) is 13.5. The van der Waals surface area contributed by atoms with Gasteiger partial charge in [-0.15, -0.1) is 0 Å². The minimum absolute atomic E-state index is 0.0297. The molecule has 1 aromatic rings. The van der Waals surface area contributed by atoms with Crippen LogP contribution in [0, 0.1) is 11.2 Å². The summed E-state index contributed by atoms with van der Waals surface area (Å²) in [5.74, 6) is -0.467. The van der Waals surface area contributed by atoms with Crippen LogP contribution in [0.4, 0.5) is 10.1 Å². The maximum Gasteiger partial charge on any atom is 0.161 e. The summed E-state index contributed by atoms with van der Waals surface area (Å²) in [6.45, 7) is 5.09. The highest BCUT2D eigenvalue weighted by Crippen LogP contribution is 2.37. The van der Waals surface area contributed by atoms with Gasteiger partial charge < -0.3 is 10.6 Å². The van der Waals surface area contributed by atoms with Gasteiger partial charge in [-0.3, -0.25) is 5.41 Å². The molecule has 0 bridgehead atoms. The van der Waals surface area contributed by atoms with Gasteiger partial charge in [0.2, 0.25) is 0 Å². The van der Waals surface area contributed by atoms with E-state index in [2.05, 4.69) is 34.7 Å². The van der Waals surface area contributed by atoms with E-state index in [9.17, 15) is 4.39 Å².